The number of unbranched alkanes of at least 4 members (excludes halogenated alkanes) is 1. The molecule has 4 aromatic carbocycles. The second kappa shape index (κ2) is 34.8. The lowest BCUT2D eigenvalue weighted by atomic mass is 9.90. The van der Waals surface area contributed by atoms with Crippen LogP contribution in [0.2, 0.25) is 0 Å². The Morgan fingerprint density at radius 1 is 0.699 bits per heavy atom. The number of carbonyl (C=O) groups excluding carboxylic acids is 9. The number of nitrogens with zero attached hydrogens (tertiary/aromatic N) is 3. The van der Waals surface area contributed by atoms with Crippen molar-refractivity contribution >= 4 is 104 Å². The van der Waals surface area contributed by atoms with Gasteiger partial charge in [0, 0.05) is 102 Å². The highest BCUT2D eigenvalue weighted by Crippen LogP contribution is 2.35. The molecular weight excluding hydrogens is 1370 g/mol. The van der Waals surface area contributed by atoms with Gasteiger partial charge < -0.3 is 83.2 Å². The molecule has 1 fully saturated rings. The SMILES string of the molecule is CC[C@@]12CCCN1C(=O)[C@H](Cc1ccc(O)cc1)NC(=O)[C@H](Cc1c[nH]cn1)NC(=O)[C@H](CC(=O)O)NC(=O)[C@H](Cc1c[nH]c3ccc(F)cc13)NC(=O)[C@H](Cc1c[nH]c3ccc(F)cc13)NC(=O)c1coc(n1)[C@H](CCCCN)NC(=O)CCSCc1cccc(c1)CSC[C@@H](C(N)=O)NC2=O. The molecule has 8 aromatic rings. The number of carboxylic acid groups (broad SMARTS) is 1. The highest BCUT2D eigenvalue weighted by atomic mass is 32.2. The van der Waals surface area contributed by atoms with Crippen molar-refractivity contribution in [2.24, 2.45) is 11.5 Å². The molecule has 8 atom stereocenters. The van der Waals surface area contributed by atoms with E-state index in [0.717, 1.165) is 17.4 Å². The van der Waals surface area contributed by atoms with Gasteiger partial charge in [-0.25, -0.2) is 18.7 Å². The van der Waals surface area contributed by atoms with Crippen molar-refractivity contribution in [2.45, 2.75) is 143 Å². The molecule has 0 aliphatic carbocycles. The van der Waals surface area contributed by atoms with Crippen molar-refractivity contribution in [2.75, 3.05) is 24.6 Å². The standard InChI is InChI=1S/C71H81F2N15O13S2/c1-2-71-19-6-21-88(71)69(99)57(24-39-10-14-47(89)15-11-39)85-65(96)55(29-46-33-76-38-79-46)83-66(97)56(30-61(91)92)84-64(95)53(25-42-31-77-50-16-12-44(72)27-48(42)50)81-63(94)54(26-43-32-78-51-17-13-45(73)28-49(43)51)82-67(98)58-34-101-68(86-58)52(9-3-4-20-74)80-60(90)18-22-102-35-40-7-5-8-41(23-40)36-103-37-59(62(75)93)87-70(71)100/h5,7-8,10-17,23,27-28,31-34,38,52-57,59,77-78,89H,2-4,6,9,18-22,24-26,29-30,35-37,74H2,1H3,(H2,75,93)(H,76,79)(H,80,90)(H,81,94)(H,82,98)(H,83,97)(H,84,95)(H,85,96)(H,87,100)(H,91,92)/t52-,53-,54-,55-,56-,57-,59-,71-/m0/s1. The first-order chi connectivity index (χ1) is 49.6. The molecule has 4 bridgehead atoms. The Balaban J connectivity index is 1.01. The number of hydrogen-bond acceptors (Lipinski definition) is 17. The Kier molecular flexibility index (Phi) is 25.4. The number of oxazole rings is 1. The minimum absolute atomic E-state index is 0.0305. The number of aromatic amines is 3. The second-order valence-electron chi connectivity index (χ2n) is 25.4. The number of thioether (sulfide) groups is 2. The lowest BCUT2D eigenvalue weighted by Gasteiger charge is -2.39. The number of phenolic OH excluding ortho intramolecular Hbond substituents is 1. The minimum atomic E-state index is -2.04. The summed E-state index contributed by atoms with van der Waals surface area (Å²) in [5, 5.41) is 40.1. The van der Waals surface area contributed by atoms with Crippen LogP contribution in [0.1, 0.15) is 114 Å². The molecule has 16 N–H and O–H groups in total. The normalized spacial score (nSPS) is 22.2. The summed E-state index contributed by atoms with van der Waals surface area (Å²) in [6.07, 6.45) is 6.12. The Hall–Kier alpha value is -10.6. The third-order valence-electron chi connectivity index (χ3n) is 18.2. The van der Waals surface area contributed by atoms with E-state index in [2.05, 4.69) is 62.1 Å². The number of amides is 9. The first kappa shape index (κ1) is 75.1. The fourth-order valence-corrected chi connectivity index (χ4v) is 14.7. The van der Waals surface area contributed by atoms with Gasteiger partial charge in [-0.15, -0.1) is 0 Å². The van der Waals surface area contributed by atoms with E-state index in [-0.39, 0.29) is 84.3 Å². The maximum absolute atomic E-state index is 15.4. The van der Waals surface area contributed by atoms with Crippen LogP contribution in [0.4, 0.5) is 8.78 Å². The van der Waals surface area contributed by atoms with Gasteiger partial charge in [-0.05, 0) is 121 Å². The van der Waals surface area contributed by atoms with Crippen molar-refractivity contribution in [3.8, 4) is 5.75 Å². The van der Waals surface area contributed by atoms with Gasteiger partial charge >= 0.3 is 5.97 Å². The minimum Gasteiger partial charge on any atom is -0.508 e. The predicted octanol–water partition coefficient (Wildman–Crippen LogP) is 4.43. The molecule has 2 aliphatic rings. The number of benzene rings is 4. The number of aliphatic carboxylic acids is 1. The van der Waals surface area contributed by atoms with Crippen molar-refractivity contribution < 1.29 is 71.4 Å². The Bertz CT molecular complexity index is 4380. The number of carboxylic acids is 1. The summed E-state index contributed by atoms with van der Waals surface area (Å²) in [6.45, 7) is 2.08. The van der Waals surface area contributed by atoms with Gasteiger partial charge in [-0.3, -0.25) is 47.9 Å². The smallest absolute Gasteiger partial charge is 0.305 e. The molecule has 9 amide bonds. The first-order valence-electron chi connectivity index (χ1n) is 33.7. The number of aromatic hydroxyl groups is 1. The third-order valence-corrected chi connectivity index (χ3v) is 20.3. The number of H-pyrrole nitrogens is 3. The van der Waals surface area contributed by atoms with E-state index < -0.39 is 132 Å². The largest absolute Gasteiger partial charge is 0.508 e. The number of hydrogen-bond donors (Lipinski definition) is 14. The molecule has 0 spiro atoms. The molecule has 0 unspecified atom stereocenters. The Morgan fingerprint density at radius 2 is 1.31 bits per heavy atom. The Labute approximate surface area is 598 Å². The van der Waals surface area contributed by atoms with Crippen LogP contribution in [0, 0.1) is 11.6 Å². The molecule has 103 heavy (non-hydrogen) atoms. The summed E-state index contributed by atoms with van der Waals surface area (Å²) in [6, 6.07) is 10.5. The number of halogens is 2. The van der Waals surface area contributed by atoms with Crippen LogP contribution in [0.25, 0.3) is 21.8 Å². The fourth-order valence-electron chi connectivity index (χ4n) is 12.8. The second-order valence-corrected chi connectivity index (χ2v) is 27.6. The number of rotatable bonds is 16. The van der Waals surface area contributed by atoms with E-state index in [9.17, 15) is 43.4 Å². The van der Waals surface area contributed by atoms with Crippen LogP contribution in [-0.4, -0.2) is 166 Å². The summed E-state index contributed by atoms with van der Waals surface area (Å²) < 4.78 is 35.8. The molecule has 32 heteroatoms. The zero-order valence-electron chi connectivity index (χ0n) is 56.2. The number of nitrogens with one attached hydrogen (secondary N) is 10. The van der Waals surface area contributed by atoms with E-state index in [4.69, 9.17) is 15.9 Å². The quantitative estimate of drug-likeness (QED) is 0.0595. The molecule has 2 aliphatic heterocycles. The van der Waals surface area contributed by atoms with E-state index in [0.29, 0.717) is 77.0 Å². The van der Waals surface area contributed by atoms with Crippen LogP contribution in [0.15, 0.2) is 121 Å². The van der Waals surface area contributed by atoms with Crippen molar-refractivity contribution in [3.05, 3.63) is 173 Å². The molecule has 10 rings (SSSR count). The first-order valence-corrected chi connectivity index (χ1v) is 36.0. The van der Waals surface area contributed by atoms with Crippen LogP contribution < -0.4 is 48.7 Å². The van der Waals surface area contributed by atoms with E-state index in [1.54, 1.807) is 6.92 Å². The van der Waals surface area contributed by atoms with Crippen molar-refractivity contribution in [1.29, 1.82) is 0 Å². The third kappa shape index (κ3) is 19.5. The van der Waals surface area contributed by atoms with Crippen LogP contribution in [-0.2, 0) is 80.3 Å². The zero-order valence-corrected chi connectivity index (χ0v) is 57.8. The maximum Gasteiger partial charge on any atom is 0.305 e. The highest BCUT2D eigenvalue weighted by molar-refractivity contribution is 7.98. The van der Waals surface area contributed by atoms with Crippen molar-refractivity contribution in [1.82, 2.24) is 67.0 Å². The van der Waals surface area contributed by atoms with Gasteiger partial charge in [0.1, 0.15) is 71.5 Å². The lowest BCUT2D eigenvalue weighted by molar-refractivity contribution is -0.148. The van der Waals surface area contributed by atoms with Gasteiger partial charge in [0.25, 0.3) is 5.91 Å². The maximum atomic E-state index is 15.4. The van der Waals surface area contributed by atoms with E-state index in [1.165, 1.54) is 114 Å². The summed E-state index contributed by atoms with van der Waals surface area (Å²) in [5.41, 5.74) is 13.9. The van der Waals surface area contributed by atoms with E-state index >= 15 is 23.6 Å². The van der Waals surface area contributed by atoms with Gasteiger partial charge in [0.05, 0.1) is 18.4 Å². The number of aromatic nitrogens is 5. The molecule has 6 heterocycles. The molecule has 4 aromatic heterocycles. The molecule has 28 nitrogen and oxygen atoms in total. The molecule has 0 saturated carbocycles. The fraction of sp³-hybridized carbons (Fsp3) is 0.380. The van der Waals surface area contributed by atoms with Gasteiger partial charge in [-0.1, -0.05) is 43.3 Å². The zero-order chi connectivity index (χ0) is 73.3. The monoisotopic (exact) mass is 1450 g/mol. The van der Waals surface area contributed by atoms with E-state index in [1.807, 2.05) is 24.3 Å². The number of primary amides is 1. The molecule has 1 saturated heterocycles. The van der Waals surface area contributed by atoms with Crippen LogP contribution in [0.5, 0.6) is 5.75 Å². The molecule has 0 radical (unpaired) electrons. The topological polar surface area (TPSA) is 437 Å². The van der Waals surface area contributed by atoms with Crippen LogP contribution >= 0.6 is 23.5 Å². The number of phenols is 1. The number of imidazole rings is 1. The molecular formula is C71H81F2N15O13S2. The number of fused-ring (bicyclic) bond motifs is 7. The highest BCUT2D eigenvalue weighted by Gasteiger charge is 2.51. The summed E-state index contributed by atoms with van der Waals surface area (Å²) in [7, 11) is 0. The molecule has 544 valence electrons. The predicted molar refractivity (Wildman–Crippen MR) is 378 cm³/mol. The van der Waals surface area contributed by atoms with Gasteiger partial charge in [0.15, 0.2) is 5.69 Å². The average molecular weight is 1450 g/mol. The summed E-state index contributed by atoms with van der Waals surface area (Å²) in [4.78, 5) is 164. The van der Waals surface area contributed by atoms with Crippen LogP contribution in [0.3, 0.4) is 0 Å². The number of nitrogens with two attached hydrogens (primary N) is 2. The number of carbonyl (C=O) groups is 10. The van der Waals surface area contributed by atoms with Gasteiger partial charge in [-0.2, -0.15) is 23.5 Å². The average Bonchev–Trinajstić information content (AvgIpc) is 1.67. The van der Waals surface area contributed by atoms with Crippen molar-refractivity contribution in [3.63, 3.8) is 0 Å². The Morgan fingerprint density at radius 3 is 1.92 bits per heavy atom. The summed E-state index contributed by atoms with van der Waals surface area (Å²) in [5.74, 6) is -9.66. The summed E-state index contributed by atoms with van der Waals surface area (Å²) >= 11 is 2.85. The van der Waals surface area contributed by atoms with Gasteiger partial charge in [0.2, 0.25) is 53.1 Å². The lowest BCUT2D eigenvalue weighted by Crippen LogP contribution is -2.64.